The van der Waals surface area contributed by atoms with Crippen LogP contribution in [0, 0.1) is 0 Å². The SMILES string of the molecule is COC(=O)c1cc(=O)c2c(SC)nc(-c3ccccc3)nc2[nH]1. The van der Waals surface area contributed by atoms with Crippen molar-refractivity contribution in [1.29, 1.82) is 0 Å². The minimum absolute atomic E-state index is 0.0646. The first kappa shape index (κ1) is 15.2. The van der Waals surface area contributed by atoms with E-state index in [2.05, 4.69) is 19.7 Å². The number of benzene rings is 1. The Bertz CT molecular complexity index is 938. The van der Waals surface area contributed by atoms with Crippen LogP contribution in [0.3, 0.4) is 0 Å². The van der Waals surface area contributed by atoms with Crippen molar-refractivity contribution < 1.29 is 9.53 Å². The maximum absolute atomic E-state index is 12.3. The summed E-state index contributed by atoms with van der Waals surface area (Å²) in [6.07, 6.45) is 1.84. The molecule has 23 heavy (non-hydrogen) atoms. The van der Waals surface area contributed by atoms with E-state index in [0.717, 1.165) is 5.56 Å². The van der Waals surface area contributed by atoms with Crippen LogP contribution in [0.1, 0.15) is 10.5 Å². The van der Waals surface area contributed by atoms with Crippen molar-refractivity contribution in [2.24, 2.45) is 0 Å². The fourth-order valence-electron chi connectivity index (χ4n) is 2.20. The third kappa shape index (κ3) is 2.83. The van der Waals surface area contributed by atoms with Crippen molar-refractivity contribution in [3.8, 4) is 11.4 Å². The quantitative estimate of drug-likeness (QED) is 0.452. The summed E-state index contributed by atoms with van der Waals surface area (Å²) in [4.78, 5) is 35.7. The number of methoxy groups -OCH3 is 1. The van der Waals surface area contributed by atoms with Crippen LogP contribution in [0.2, 0.25) is 0 Å². The molecule has 0 spiro atoms. The van der Waals surface area contributed by atoms with Crippen LogP contribution in [-0.4, -0.2) is 34.3 Å². The number of thioether (sulfide) groups is 1. The number of H-pyrrole nitrogens is 1. The Morgan fingerprint density at radius 3 is 2.61 bits per heavy atom. The molecule has 3 rings (SSSR count). The number of aromatic nitrogens is 3. The number of carbonyl (C=O) groups excluding carboxylic acids is 1. The summed E-state index contributed by atoms with van der Waals surface area (Å²) in [6.45, 7) is 0. The highest BCUT2D eigenvalue weighted by atomic mass is 32.2. The molecule has 0 aliphatic heterocycles. The molecular formula is C16H13N3O3S. The molecule has 0 atom stereocenters. The van der Waals surface area contributed by atoms with Crippen molar-refractivity contribution >= 4 is 28.8 Å². The van der Waals surface area contributed by atoms with Gasteiger partial charge in [-0.1, -0.05) is 30.3 Å². The minimum atomic E-state index is -0.616. The van der Waals surface area contributed by atoms with Gasteiger partial charge in [0.25, 0.3) is 0 Å². The van der Waals surface area contributed by atoms with E-state index in [1.807, 2.05) is 36.6 Å². The Morgan fingerprint density at radius 1 is 1.22 bits per heavy atom. The molecule has 6 nitrogen and oxygen atoms in total. The van der Waals surface area contributed by atoms with Crippen LogP contribution in [0.4, 0.5) is 0 Å². The number of aromatic amines is 1. The number of ether oxygens (including phenoxy) is 1. The lowest BCUT2D eigenvalue weighted by Crippen LogP contribution is -2.13. The fourth-order valence-corrected chi connectivity index (χ4v) is 2.78. The lowest BCUT2D eigenvalue weighted by Gasteiger charge is -2.08. The van der Waals surface area contributed by atoms with Crippen LogP contribution >= 0.6 is 11.8 Å². The number of fused-ring (bicyclic) bond motifs is 1. The van der Waals surface area contributed by atoms with Crippen molar-refractivity contribution in [2.75, 3.05) is 13.4 Å². The molecule has 0 saturated heterocycles. The number of hydrogen-bond donors (Lipinski definition) is 1. The van der Waals surface area contributed by atoms with E-state index in [1.165, 1.54) is 24.9 Å². The molecule has 116 valence electrons. The van der Waals surface area contributed by atoms with E-state index in [9.17, 15) is 9.59 Å². The molecule has 0 amide bonds. The van der Waals surface area contributed by atoms with Crippen molar-refractivity contribution in [1.82, 2.24) is 15.0 Å². The predicted octanol–water partition coefficient (Wildman–Crippen LogP) is 2.49. The fraction of sp³-hybridized carbons (Fsp3) is 0.125. The van der Waals surface area contributed by atoms with Gasteiger partial charge in [-0.15, -0.1) is 11.8 Å². The molecule has 2 aromatic heterocycles. The Morgan fingerprint density at radius 2 is 1.96 bits per heavy atom. The Labute approximate surface area is 135 Å². The second-order valence-electron chi connectivity index (χ2n) is 4.68. The first-order chi connectivity index (χ1) is 11.1. The van der Waals surface area contributed by atoms with Gasteiger partial charge < -0.3 is 9.72 Å². The highest BCUT2D eigenvalue weighted by Crippen LogP contribution is 2.24. The standard InChI is InChI=1S/C16H13N3O3S/c1-22-16(21)10-8-11(20)12-14(17-10)18-13(19-15(12)23-2)9-6-4-3-5-7-9/h3-8H,1-2H3,(H,17,18,19,20). The molecule has 1 N–H and O–H groups in total. The van der Waals surface area contributed by atoms with Crippen LogP contribution in [0.15, 0.2) is 46.2 Å². The van der Waals surface area contributed by atoms with Crippen molar-refractivity contribution in [2.45, 2.75) is 5.03 Å². The van der Waals surface area contributed by atoms with Crippen LogP contribution in [0.25, 0.3) is 22.4 Å². The van der Waals surface area contributed by atoms with Gasteiger partial charge in [-0.05, 0) is 6.26 Å². The van der Waals surface area contributed by atoms with E-state index in [-0.39, 0.29) is 11.1 Å². The topological polar surface area (TPSA) is 84.9 Å². The predicted molar refractivity (Wildman–Crippen MR) is 88.7 cm³/mol. The normalized spacial score (nSPS) is 10.7. The first-order valence-electron chi connectivity index (χ1n) is 6.77. The molecule has 2 heterocycles. The highest BCUT2D eigenvalue weighted by Gasteiger charge is 2.16. The molecule has 3 aromatic rings. The first-order valence-corrected chi connectivity index (χ1v) is 7.99. The Balaban J connectivity index is 2.31. The van der Waals surface area contributed by atoms with E-state index in [1.54, 1.807) is 0 Å². The third-order valence-electron chi connectivity index (χ3n) is 3.28. The van der Waals surface area contributed by atoms with Gasteiger partial charge in [0.15, 0.2) is 11.3 Å². The molecule has 0 unspecified atom stereocenters. The largest absolute Gasteiger partial charge is 0.464 e. The zero-order chi connectivity index (χ0) is 16.4. The lowest BCUT2D eigenvalue weighted by atomic mass is 10.2. The lowest BCUT2D eigenvalue weighted by molar-refractivity contribution is 0.0594. The number of nitrogens with zero attached hydrogens (tertiary/aromatic N) is 2. The number of carbonyl (C=O) groups is 1. The maximum Gasteiger partial charge on any atom is 0.354 e. The van der Waals surface area contributed by atoms with Crippen LogP contribution < -0.4 is 5.43 Å². The van der Waals surface area contributed by atoms with Crippen LogP contribution in [0.5, 0.6) is 0 Å². The molecule has 1 aromatic carbocycles. The minimum Gasteiger partial charge on any atom is -0.464 e. The van der Waals surface area contributed by atoms with E-state index in [0.29, 0.717) is 21.9 Å². The zero-order valence-corrected chi connectivity index (χ0v) is 13.3. The summed E-state index contributed by atoms with van der Waals surface area (Å²) in [5.74, 6) is -0.130. The second-order valence-corrected chi connectivity index (χ2v) is 5.48. The molecule has 0 bridgehead atoms. The van der Waals surface area contributed by atoms with Crippen molar-refractivity contribution in [3.63, 3.8) is 0 Å². The zero-order valence-electron chi connectivity index (χ0n) is 12.5. The molecule has 0 fully saturated rings. The number of hydrogen-bond acceptors (Lipinski definition) is 6. The van der Waals surface area contributed by atoms with E-state index in [4.69, 9.17) is 0 Å². The molecule has 0 aliphatic carbocycles. The molecule has 7 heteroatoms. The van der Waals surface area contributed by atoms with Gasteiger partial charge in [-0.3, -0.25) is 4.79 Å². The summed E-state index contributed by atoms with van der Waals surface area (Å²) in [6, 6.07) is 10.6. The highest BCUT2D eigenvalue weighted by molar-refractivity contribution is 7.98. The molecule has 0 aliphatic rings. The smallest absolute Gasteiger partial charge is 0.354 e. The summed E-state index contributed by atoms with van der Waals surface area (Å²) < 4.78 is 4.65. The summed E-state index contributed by atoms with van der Waals surface area (Å²) in [7, 11) is 1.26. The van der Waals surface area contributed by atoms with Gasteiger partial charge >= 0.3 is 5.97 Å². The maximum atomic E-state index is 12.3. The van der Waals surface area contributed by atoms with Gasteiger partial charge in [0.1, 0.15) is 16.4 Å². The van der Waals surface area contributed by atoms with Gasteiger partial charge in [0, 0.05) is 11.6 Å². The Kier molecular flexibility index (Phi) is 4.12. The molecular weight excluding hydrogens is 314 g/mol. The van der Waals surface area contributed by atoms with E-state index < -0.39 is 5.97 Å². The van der Waals surface area contributed by atoms with Crippen molar-refractivity contribution in [3.05, 3.63) is 52.3 Å². The van der Waals surface area contributed by atoms with Gasteiger partial charge in [0.05, 0.1) is 12.5 Å². The van der Waals surface area contributed by atoms with E-state index >= 15 is 0 Å². The Hall–Kier alpha value is -2.67. The average Bonchev–Trinajstić information content (AvgIpc) is 2.60. The molecule has 0 radical (unpaired) electrons. The second kappa shape index (κ2) is 6.21. The monoisotopic (exact) mass is 327 g/mol. The average molecular weight is 327 g/mol. The summed E-state index contributed by atoms with van der Waals surface area (Å²) in [5.41, 5.74) is 0.892. The number of pyridine rings is 1. The van der Waals surface area contributed by atoms with Gasteiger partial charge in [-0.2, -0.15) is 0 Å². The number of rotatable bonds is 3. The van der Waals surface area contributed by atoms with Gasteiger partial charge in [0.2, 0.25) is 0 Å². The third-order valence-corrected chi connectivity index (χ3v) is 3.96. The number of esters is 1. The molecule has 0 saturated carbocycles. The van der Waals surface area contributed by atoms with Gasteiger partial charge in [-0.25, -0.2) is 14.8 Å². The number of nitrogens with one attached hydrogen (secondary N) is 1. The summed E-state index contributed by atoms with van der Waals surface area (Å²) >= 11 is 1.35. The summed E-state index contributed by atoms with van der Waals surface area (Å²) in [5, 5.41) is 0.927. The van der Waals surface area contributed by atoms with Crippen LogP contribution in [-0.2, 0) is 4.74 Å².